The van der Waals surface area contributed by atoms with Gasteiger partial charge in [-0.05, 0) is 38.1 Å². The van der Waals surface area contributed by atoms with Gasteiger partial charge in [0.1, 0.15) is 0 Å². The Morgan fingerprint density at radius 2 is 1.46 bits per heavy atom. The number of aromatic nitrogens is 2. The molecule has 0 fully saturated rings. The Balaban J connectivity index is 0.000000362. The van der Waals surface area contributed by atoms with Crippen LogP contribution >= 0.6 is 0 Å². The first-order valence-electron chi connectivity index (χ1n) is 9.95. The number of likely N-dealkylation sites (N-methyl/N-ethyl adjacent to an activating group) is 1. The van der Waals surface area contributed by atoms with Crippen LogP contribution in [0, 0.1) is 6.92 Å². The van der Waals surface area contributed by atoms with Gasteiger partial charge in [-0.1, -0.05) is 12.1 Å². The van der Waals surface area contributed by atoms with Gasteiger partial charge in [0, 0.05) is 37.0 Å². The monoisotopic (exact) mass is 511 g/mol. The van der Waals surface area contributed by atoms with E-state index in [1.54, 1.807) is 6.07 Å². The predicted octanol–water partition coefficient (Wildman–Crippen LogP) is 2.90. The molecule has 0 aliphatic carbocycles. The smallest absolute Gasteiger partial charge is 0.475 e. The van der Waals surface area contributed by atoms with Crippen LogP contribution in [0.1, 0.15) is 22.6 Å². The van der Waals surface area contributed by atoms with Crippen molar-refractivity contribution in [2.75, 3.05) is 20.1 Å². The third kappa shape index (κ3) is 10.2. The highest BCUT2D eigenvalue weighted by Gasteiger charge is 2.38. The molecule has 2 N–H and O–H groups in total. The molecule has 194 valence electrons. The number of pyridine rings is 2. The van der Waals surface area contributed by atoms with Gasteiger partial charge in [0.25, 0.3) is 5.56 Å². The van der Waals surface area contributed by atoms with E-state index in [9.17, 15) is 31.1 Å². The number of carbonyl (C=O) groups is 2. The maximum absolute atomic E-state index is 12.3. The van der Waals surface area contributed by atoms with Gasteiger partial charge < -0.3 is 19.7 Å². The summed E-state index contributed by atoms with van der Waals surface area (Å²) in [7, 11) is 2.14. The summed E-state index contributed by atoms with van der Waals surface area (Å²) in [6, 6.07) is 9.66. The number of halogens is 6. The van der Waals surface area contributed by atoms with E-state index in [1.165, 1.54) is 11.3 Å². The first kappa shape index (κ1) is 29.6. The zero-order valence-electron chi connectivity index (χ0n) is 18.7. The van der Waals surface area contributed by atoms with Crippen LogP contribution in [0.3, 0.4) is 0 Å². The lowest BCUT2D eigenvalue weighted by Gasteiger charge is -2.15. The van der Waals surface area contributed by atoms with E-state index in [4.69, 9.17) is 19.8 Å². The number of hydrogen-bond donors (Lipinski definition) is 2. The summed E-state index contributed by atoms with van der Waals surface area (Å²) in [5.74, 6) is -5.51. The summed E-state index contributed by atoms with van der Waals surface area (Å²) < 4.78 is 65.4. The van der Waals surface area contributed by atoms with Crippen LogP contribution < -0.4 is 5.56 Å². The van der Waals surface area contributed by atoms with E-state index in [1.807, 2.05) is 35.8 Å². The first-order valence-corrected chi connectivity index (χ1v) is 9.95. The Kier molecular flexibility index (Phi) is 10.4. The predicted molar refractivity (Wildman–Crippen MR) is 111 cm³/mol. The van der Waals surface area contributed by atoms with Gasteiger partial charge >= 0.3 is 24.3 Å². The van der Waals surface area contributed by atoms with E-state index in [2.05, 4.69) is 16.9 Å². The minimum Gasteiger partial charge on any atom is -0.475 e. The molecule has 35 heavy (non-hydrogen) atoms. The van der Waals surface area contributed by atoms with E-state index < -0.39 is 24.3 Å². The highest BCUT2D eigenvalue weighted by molar-refractivity contribution is 5.73. The molecule has 2 aromatic rings. The van der Waals surface area contributed by atoms with E-state index in [0.717, 1.165) is 37.3 Å². The summed E-state index contributed by atoms with van der Waals surface area (Å²) >= 11 is 0. The summed E-state index contributed by atoms with van der Waals surface area (Å²) in [5, 5.41) is 14.2. The minimum absolute atomic E-state index is 0.0709. The van der Waals surface area contributed by atoms with Crippen LogP contribution in [0.4, 0.5) is 26.3 Å². The van der Waals surface area contributed by atoms with Gasteiger partial charge in [-0.3, -0.25) is 9.78 Å². The zero-order valence-corrected chi connectivity index (χ0v) is 18.7. The molecule has 2 aromatic heterocycles. The normalized spacial score (nSPS) is 13.8. The molecule has 0 spiro atoms. The van der Waals surface area contributed by atoms with Gasteiger partial charge in [0.15, 0.2) is 0 Å². The van der Waals surface area contributed by atoms with Crippen molar-refractivity contribution in [3.05, 3.63) is 63.3 Å². The average Bonchev–Trinajstić information content (AvgIpc) is 2.91. The fourth-order valence-corrected chi connectivity index (χ4v) is 2.93. The van der Waals surface area contributed by atoms with Crippen LogP contribution in [0.15, 0.2) is 35.1 Å². The molecule has 0 bridgehead atoms. The standard InChI is InChI=1S/C17H21N3O.2C2HF3O2/c1-13-4-3-5-15(18-13)12-20-16-9-11-19(2)10-8-14(16)6-7-17(20)21;2*3-2(4,5)1(6)7/h3-7H,8-12H2,1-2H3;2*(H,6,7). The number of carboxylic acid groups (broad SMARTS) is 2. The van der Waals surface area contributed by atoms with Gasteiger partial charge in [-0.2, -0.15) is 26.3 Å². The summed E-state index contributed by atoms with van der Waals surface area (Å²) in [6.07, 6.45) is -8.24. The molecular weight excluding hydrogens is 488 g/mol. The lowest BCUT2D eigenvalue weighted by Crippen LogP contribution is -2.26. The largest absolute Gasteiger partial charge is 0.490 e. The van der Waals surface area contributed by atoms with Crippen molar-refractivity contribution in [3.8, 4) is 0 Å². The number of carboxylic acids is 2. The zero-order chi connectivity index (χ0) is 27.0. The summed E-state index contributed by atoms with van der Waals surface area (Å²) in [6.45, 7) is 4.59. The maximum atomic E-state index is 12.3. The van der Waals surface area contributed by atoms with Crippen molar-refractivity contribution in [1.82, 2.24) is 14.5 Å². The number of hydrogen-bond acceptors (Lipinski definition) is 5. The van der Waals surface area contributed by atoms with Gasteiger partial charge in [-0.15, -0.1) is 0 Å². The lowest BCUT2D eigenvalue weighted by molar-refractivity contribution is -0.193. The van der Waals surface area contributed by atoms with Crippen LogP contribution in [0.5, 0.6) is 0 Å². The SMILES string of the molecule is Cc1cccc(Cn2c3c(ccc2=O)CCN(C)CC3)n1.O=C(O)C(F)(F)F.O=C(O)C(F)(F)F. The van der Waals surface area contributed by atoms with Gasteiger partial charge in [0.05, 0.1) is 12.2 Å². The van der Waals surface area contributed by atoms with Crippen molar-refractivity contribution in [2.45, 2.75) is 38.7 Å². The maximum Gasteiger partial charge on any atom is 0.490 e. The Morgan fingerprint density at radius 3 is 1.94 bits per heavy atom. The van der Waals surface area contributed by atoms with E-state index >= 15 is 0 Å². The highest BCUT2D eigenvalue weighted by atomic mass is 19.4. The third-order valence-electron chi connectivity index (χ3n) is 4.63. The molecular formula is C21H23F6N3O5. The molecule has 0 unspecified atom stereocenters. The van der Waals surface area contributed by atoms with Crippen molar-refractivity contribution >= 4 is 11.9 Å². The average molecular weight is 511 g/mol. The Bertz CT molecular complexity index is 1060. The number of aryl methyl sites for hydroxylation is 1. The van der Waals surface area contributed by atoms with E-state index in [0.29, 0.717) is 6.54 Å². The van der Waals surface area contributed by atoms with Crippen molar-refractivity contribution < 1.29 is 46.1 Å². The first-order chi connectivity index (χ1) is 16.0. The molecule has 3 heterocycles. The summed E-state index contributed by atoms with van der Waals surface area (Å²) in [5.41, 5.74) is 4.48. The van der Waals surface area contributed by atoms with Crippen molar-refractivity contribution in [2.24, 2.45) is 0 Å². The number of aliphatic carboxylic acids is 2. The molecule has 0 radical (unpaired) electrons. The summed E-state index contributed by atoms with van der Waals surface area (Å²) in [4.78, 5) is 36.9. The quantitative estimate of drug-likeness (QED) is 0.597. The molecule has 1 aliphatic heterocycles. The minimum atomic E-state index is -5.08. The lowest BCUT2D eigenvalue weighted by atomic mass is 10.1. The van der Waals surface area contributed by atoms with Crippen LogP contribution in [-0.2, 0) is 29.0 Å². The number of nitrogens with zero attached hydrogens (tertiary/aromatic N) is 3. The van der Waals surface area contributed by atoms with Crippen LogP contribution in [-0.4, -0.2) is 69.1 Å². The van der Waals surface area contributed by atoms with Gasteiger partial charge in [-0.25, -0.2) is 9.59 Å². The van der Waals surface area contributed by atoms with E-state index in [-0.39, 0.29) is 5.56 Å². The van der Waals surface area contributed by atoms with Crippen molar-refractivity contribution in [1.29, 1.82) is 0 Å². The Labute approximate surface area is 195 Å². The topological polar surface area (TPSA) is 113 Å². The molecule has 0 saturated carbocycles. The van der Waals surface area contributed by atoms with Crippen LogP contribution in [0.2, 0.25) is 0 Å². The molecule has 0 saturated heterocycles. The number of rotatable bonds is 2. The fourth-order valence-electron chi connectivity index (χ4n) is 2.93. The second kappa shape index (κ2) is 12.3. The number of alkyl halides is 6. The molecule has 0 atom stereocenters. The molecule has 14 heteroatoms. The highest BCUT2D eigenvalue weighted by Crippen LogP contribution is 2.15. The second-order valence-corrected chi connectivity index (χ2v) is 7.41. The Hall–Kier alpha value is -3.42. The number of fused-ring (bicyclic) bond motifs is 1. The molecule has 0 amide bonds. The third-order valence-corrected chi connectivity index (χ3v) is 4.63. The second-order valence-electron chi connectivity index (χ2n) is 7.41. The molecule has 3 rings (SSSR count). The van der Waals surface area contributed by atoms with Crippen LogP contribution in [0.25, 0.3) is 0 Å². The fraction of sp³-hybridized carbons (Fsp3) is 0.429. The molecule has 0 aromatic carbocycles. The molecule has 8 nitrogen and oxygen atoms in total. The van der Waals surface area contributed by atoms with Crippen molar-refractivity contribution in [3.63, 3.8) is 0 Å². The Morgan fingerprint density at radius 1 is 0.943 bits per heavy atom. The molecule has 1 aliphatic rings. The van der Waals surface area contributed by atoms with Gasteiger partial charge in [0.2, 0.25) is 0 Å².